The Labute approximate surface area is 131 Å². The summed E-state index contributed by atoms with van der Waals surface area (Å²) in [5, 5.41) is 8.90. The number of rotatable bonds is 6. The van der Waals surface area contributed by atoms with Crippen LogP contribution in [-0.2, 0) is 4.74 Å². The average molecular weight is 299 g/mol. The fourth-order valence-electron chi connectivity index (χ4n) is 2.28. The Morgan fingerprint density at radius 3 is 2.41 bits per heavy atom. The van der Waals surface area contributed by atoms with Crippen LogP contribution < -0.4 is 0 Å². The molecular formula is C18H21NO3. The monoisotopic (exact) mass is 299 g/mol. The van der Waals surface area contributed by atoms with Crippen LogP contribution in [0.1, 0.15) is 22.8 Å². The summed E-state index contributed by atoms with van der Waals surface area (Å²) in [7, 11) is 1.54. The predicted octanol–water partition coefficient (Wildman–Crippen LogP) is 3.71. The number of carboxylic acid groups (broad SMARTS) is 1. The molecule has 0 fully saturated rings. The molecule has 0 aliphatic carbocycles. The standard InChI is InChI=1S/C18H21NO3/c1-14-8-6-7-11-16(14)17(15-9-4-3-5-10-15)22-13-12-19(2)18(20)21/h3-11,17H,12-13H2,1-2H3,(H,20,21). The van der Waals surface area contributed by atoms with E-state index in [9.17, 15) is 4.79 Å². The summed E-state index contributed by atoms with van der Waals surface area (Å²) in [5.74, 6) is 0. The van der Waals surface area contributed by atoms with Crippen molar-refractivity contribution in [2.45, 2.75) is 13.0 Å². The molecule has 1 atom stereocenters. The smallest absolute Gasteiger partial charge is 0.407 e. The van der Waals surface area contributed by atoms with Crippen molar-refractivity contribution in [2.75, 3.05) is 20.2 Å². The Kier molecular flexibility index (Phi) is 5.55. The van der Waals surface area contributed by atoms with Crippen molar-refractivity contribution < 1.29 is 14.6 Å². The molecule has 116 valence electrons. The zero-order valence-electron chi connectivity index (χ0n) is 12.9. The zero-order chi connectivity index (χ0) is 15.9. The van der Waals surface area contributed by atoms with Crippen LogP contribution >= 0.6 is 0 Å². The second kappa shape index (κ2) is 7.61. The molecule has 4 nitrogen and oxygen atoms in total. The van der Waals surface area contributed by atoms with Gasteiger partial charge in [-0.3, -0.25) is 0 Å². The van der Waals surface area contributed by atoms with E-state index in [2.05, 4.69) is 13.0 Å². The summed E-state index contributed by atoms with van der Waals surface area (Å²) in [5.41, 5.74) is 3.32. The van der Waals surface area contributed by atoms with Gasteiger partial charge in [0.1, 0.15) is 6.10 Å². The summed E-state index contributed by atoms with van der Waals surface area (Å²) in [6.07, 6.45) is -1.14. The fraction of sp³-hybridized carbons (Fsp3) is 0.278. The molecule has 1 unspecified atom stereocenters. The minimum absolute atomic E-state index is 0.190. The molecule has 0 bridgehead atoms. The van der Waals surface area contributed by atoms with E-state index in [0.717, 1.165) is 16.7 Å². The lowest BCUT2D eigenvalue weighted by molar-refractivity contribution is 0.0631. The van der Waals surface area contributed by atoms with Gasteiger partial charge in [-0.2, -0.15) is 0 Å². The molecular weight excluding hydrogens is 278 g/mol. The van der Waals surface area contributed by atoms with E-state index in [1.54, 1.807) is 0 Å². The first-order chi connectivity index (χ1) is 10.6. The van der Waals surface area contributed by atoms with Crippen molar-refractivity contribution in [3.8, 4) is 0 Å². The number of likely N-dealkylation sites (N-methyl/N-ethyl adjacent to an activating group) is 1. The molecule has 0 saturated heterocycles. The first-order valence-electron chi connectivity index (χ1n) is 7.25. The van der Waals surface area contributed by atoms with Crippen molar-refractivity contribution >= 4 is 6.09 Å². The lowest BCUT2D eigenvalue weighted by atomic mass is 9.97. The van der Waals surface area contributed by atoms with Crippen molar-refractivity contribution in [2.24, 2.45) is 0 Å². The quantitative estimate of drug-likeness (QED) is 0.884. The van der Waals surface area contributed by atoms with Gasteiger partial charge in [0.2, 0.25) is 0 Å². The van der Waals surface area contributed by atoms with E-state index >= 15 is 0 Å². The molecule has 0 aromatic heterocycles. The minimum Gasteiger partial charge on any atom is -0.465 e. The second-order valence-corrected chi connectivity index (χ2v) is 5.22. The third-order valence-corrected chi connectivity index (χ3v) is 3.61. The number of amides is 1. The van der Waals surface area contributed by atoms with Crippen molar-refractivity contribution in [3.05, 3.63) is 71.3 Å². The summed E-state index contributed by atoms with van der Waals surface area (Å²) in [6.45, 7) is 2.74. The van der Waals surface area contributed by atoms with Gasteiger partial charge >= 0.3 is 6.09 Å². The molecule has 0 radical (unpaired) electrons. The highest BCUT2D eigenvalue weighted by molar-refractivity contribution is 5.64. The molecule has 0 aliphatic rings. The summed E-state index contributed by atoms with van der Waals surface area (Å²) in [4.78, 5) is 12.1. The maximum Gasteiger partial charge on any atom is 0.407 e. The summed E-state index contributed by atoms with van der Waals surface area (Å²) < 4.78 is 6.01. The van der Waals surface area contributed by atoms with Crippen LogP contribution in [0.3, 0.4) is 0 Å². The number of benzene rings is 2. The Morgan fingerprint density at radius 2 is 1.77 bits per heavy atom. The topological polar surface area (TPSA) is 49.8 Å². The number of ether oxygens (including phenoxy) is 1. The maximum absolute atomic E-state index is 10.8. The number of aryl methyl sites for hydroxylation is 1. The van der Waals surface area contributed by atoms with E-state index in [1.165, 1.54) is 11.9 Å². The highest BCUT2D eigenvalue weighted by Crippen LogP contribution is 2.28. The van der Waals surface area contributed by atoms with Crippen LogP contribution in [0.15, 0.2) is 54.6 Å². The minimum atomic E-state index is -0.948. The van der Waals surface area contributed by atoms with E-state index in [-0.39, 0.29) is 6.10 Å². The third-order valence-electron chi connectivity index (χ3n) is 3.61. The van der Waals surface area contributed by atoms with E-state index in [4.69, 9.17) is 9.84 Å². The molecule has 2 aromatic rings. The first kappa shape index (κ1) is 16.0. The Hall–Kier alpha value is -2.33. The molecule has 22 heavy (non-hydrogen) atoms. The van der Waals surface area contributed by atoms with Gasteiger partial charge < -0.3 is 14.7 Å². The van der Waals surface area contributed by atoms with Gasteiger partial charge in [0.25, 0.3) is 0 Å². The molecule has 1 amide bonds. The summed E-state index contributed by atoms with van der Waals surface area (Å²) >= 11 is 0. The van der Waals surface area contributed by atoms with Crippen LogP contribution in [0, 0.1) is 6.92 Å². The molecule has 4 heteroatoms. The maximum atomic E-state index is 10.8. The second-order valence-electron chi connectivity index (χ2n) is 5.22. The van der Waals surface area contributed by atoms with Crippen LogP contribution in [0.25, 0.3) is 0 Å². The van der Waals surface area contributed by atoms with Gasteiger partial charge in [0.15, 0.2) is 0 Å². The molecule has 0 aliphatic heterocycles. The largest absolute Gasteiger partial charge is 0.465 e. The Balaban J connectivity index is 2.17. The van der Waals surface area contributed by atoms with Crippen LogP contribution in [0.5, 0.6) is 0 Å². The van der Waals surface area contributed by atoms with E-state index in [0.29, 0.717) is 13.2 Å². The fourth-order valence-corrected chi connectivity index (χ4v) is 2.28. The zero-order valence-corrected chi connectivity index (χ0v) is 12.9. The van der Waals surface area contributed by atoms with Crippen molar-refractivity contribution in [3.63, 3.8) is 0 Å². The molecule has 2 aromatic carbocycles. The third kappa shape index (κ3) is 4.09. The van der Waals surface area contributed by atoms with Gasteiger partial charge in [-0.15, -0.1) is 0 Å². The highest BCUT2D eigenvalue weighted by atomic mass is 16.5. The van der Waals surface area contributed by atoms with Gasteiger partial charge in [0.05, 0.1) is 6.61 Å². The molecule has 1 N–H and O–H groups in total. The SMILES string of the molecule is Cc1ccccc1C(OCCN(C)C(=O)O)c1ccccc1. The van der Waals surface area contributed by atoms with E-state index in [1.807, 2.05) is 48.5 Å². The number of nitrogens with zero attached hydrogens (tertiary/aromatic N) is 1. The average Bonchev–Trinajstić information content (AvgIpc) is 2.53. The lowest BCUT2D eigenvalue weighted by Gasteiger charge is -2.22. The summed E-state index contributed by atoms with van der Waals surface area (Å²) in [6, 6.07) is 18.1. The predicted molar refractivity (Wildman–Crippen MR) is 86.1 cm³/mol. The molecule has 2 rings (SSSR count). The molecule has 0 spiro atoms. The Bertz CT molecular complexity index is 613. The van der Waals surface area contributed by atoms with E-state index < -0.39 is 6.09 Å². The van der Waals surface area contributed by atoms with Crippen molar-refractivity contribution in [1.29, 1.82) is 0 Å². The number of carbonyl (C=O) groups is 1. The van der Waals surface area contributed by atoms with Gasteiger partial charge in [-0.1, -0.05) is 54.6 Å². The van der Waals surface area contributed by atoms with Gasteiger partial charge in [-0.25, -0.2) is 4.79 Å². The molecule has 0 heterocycles. The normalized spacial score (nSPS) is 11.9. The van der Waals surface area contributed by atoms with Crippen LogP contribution in [0.2, 0.25) is 0 Å². The Morgan fingerprint density at radius 1 is 1.14 bits per heavy atom. The highest BCUT2D eigenvalue weighted by Gasteiger charge is 2.17. The number of hydrogen-bond donors (Lipinski definition) is 1. The first-order valence-corrected chi connectivity index (χ1v) is 7.25. The molecule has 0 saturated carbocycles. The van der Waals surface area contributed by atoms with Gasteiger partial charge in [-0.05, 0) is 23.6 Å². The van der Waals surface area contributed by atoms with Crippen LogP contribution in [0.4, 0.5) is 4.79 Å². The van der Waals surface area contributed by atoms with Gasteiger partial charge in [0, 0.05) is 13.6 Å². The van der Waals surface area contributed by atoms with Crippen LogP contribution in [-0.4, -0.2) is 36.3 Å². The number of hydrogen-bond acceptors (Lipinski definition) is 2. The van der Waals surface area contributed by atoms with Crippen molar-refractivity contribution in [1.82, 2.24) is 4.90 Å². The lowest BCUT2D eigenvalue weighted by Crippen LogP contribution is -2.29.